The van der Waals surface area contributed by atoms with Crippen LogP contribution in [-0.2, 0) is 28.8 Å². The zero-order chi connectivity index (χ0) is 49.3. The fourth-order valence-corrected chi connectivity index (χ4v) is 5.56. The number of nitrogens with zero attached hydrogens (tertiary/aromatic N) is 4. The van der Waals surface area contributed by atoms with Crippen molar-refractivity contribution in [3.63, 3.8) is 0 Å². The number of carboxylic acid groups (broad SMARTS) is 1. The lowest BCUT2D eigenvalue weighted by Gasteiger charge is -2.04. The first-order chi connectivity index (χ1) is 28.5. The van der Waals surface area contributed by atoms with E-state index in [0.29, 0.717) is 16.8 Å². The molecule has 338 valence electrons. The lowest BCUT2D eigenvalue weighted by molar-refractivity contribution is -0.191. The average molecular weight is 934 g/mol. The Hall–Kier alpha value is -4.37. The molecule has 0 aromatic carbocycles. The van der Waals surface area contributed by atoms with Gasteiger partial charge < -0.3 is 32.9 Å². The highest BCUT2D eigenvalue weighted by Crippen LogP contribution is 2.18. The third kappa shape index (κ3) is 36.7. The normalized spacial score (nSPS) is 11.4. The molecule has 0 bridgehead atoms. The monoisotopic (exact) mass is 933 g/mol. The quantitative estimate of drug-likeness (QED) is 0.0703. The second-order valence-electron chi connectivity index (χ2n) is 13.4. The molecule has 4 aromatic rings. The number of nitrogens with two attached hydrogens (primary N) is 3. The number of carbonyl (C=O) groups excluding carboxylic acids is 5. The number of rotatable bonds is 9. The highest BCUT2D eigenvalue weighted by molar-refractivity contribution is 7.80. The van der Waals surface area contributed by atoms with Gasteiger partial charge in [-0.15, -0.1) is 45.3 Å². The Labute approximate surface area is 379 Å². The number of nitrogens with one attached hydrogen (secondary N) is 2. The zero-order valence-electron chi connectivity index (χ0n) is 38.9. The lowest BCUT2D eigenvalue weighted by atomic mass is 10.2. The van der Waals surface area contributed by atoms with Crippen LogP contribution in [0.25, 0.3) is 0 Å². The van der Waals surface area contributed by atoms with Crippen LogP contribution >= 0.6 is 57.6 Å². The number of aryl methyl sites for hydroxylation is 3. The maximum atomic E-state index is 10.4. The number of amides is 3. The van der Waals surface area contributed by atoms with Crippen molar-refractivity contribution < 1.29 is 36.6 Å². The Morgan fingerprint density at radius 1 is 0.717 bits per heavy atom. The van der Waals surface area contributed by atoms with E-state index < -0.39 is 18.7 Å². The van der Waals surface area contributed by atoms with Crippen LogP contribution in [0.5, 0.6) is 0 Å². The van der Waals surface area contributed by atoms with E-state index in [1.54, 1.807) is 63.5 Å². The zero-order valence-corrected chi connectivity index (χ0v) is 41.0. The van der Waals surface area contributed by atoms with Gasteiger partial charge in [0.05, 0.1) is 34.0 Å². The van der Waals surface area contributed by atoms with E-state index in [4.69, 9.17) is 34.6 Å². The Morgan fingerprint density at radius 3 is 1.23 bits per heavy atom. The molecule has 3 unspecified atom stereocenters. The predicted octanol–water partition coefficient (Wildman–Crippen LogP) is 7.45. The van der Waals surface area contributed by atoms with E-state index in [1.807, 2.05) is 64.6 Å². The van der Waals surface area contributed by atoms with Gasteiger partial charge in [0.2, 0.25) is 18.7 Å². The molecule has 9 N–H and O–H groups in total. The van der Waals surface area contributed by atoms with Gasteiger partial charge in [-0.2, -0.15) is 9.59 Å². The maximum absolute atomic E-state index is 10.4. The summed E-state index contributed by atoms with van der Waals surface area (Å²) in [6.07, 6.45) is 0.384. The number of hydrogen-bond acceptors (Lipinski definition) is 16. The fraction of sp³-hybridized carbons (Fsp3) is 0.538. The van der Waals surface area contributed by atoms with Crippen molar-refractivity contribution in [3.8, 4) is 0 Å². The molecule has 4 heterocycles. The van der Waals surface area contributed by atoms with Crippen LogP contribution in [0, 0.1) is 38.5 Å². The van der Waals surface area contributed by atoms with Gasteiger partial charge in [0.25, 0.3) is 0 Å². The molecule has 0 saturated heterocycles. The minimum Gasteiger partial charge on any atom is -0.481 e. The number of aliphatic carboxylic acids is 1. The van der Waals surface area contributed by atoms with Crippen molar-refractivity contribution in [3.05, 3.63) is 64.8 Å². The van der Waals surface area contributed by atoms with Gasteiger partial charge in [-0.05, 0) is 41.5 Å². The summed E-state index contributed by atoms with van der Waals surface area (Å²) in [7, 11) is 0. The molecule has 0 aliphatic rings. The average Bonchev–Trinajstić information content (AvgIpc) is 3.99. The number of carbonyl (C=O) groups is 4. The number of thiocarbonyl (C=S) groups is 1. The van der Waals surface area contributed by atoms with Crippen LogP contribution in [0.1, 0.15) is 140 Å². The molecule has 0 radical (unpaired) electrons. The molecular formula is C39H65N9O7S5. The van der Waals surface area contributed by atoms with Crippen LogP contribution in [0.15, 0.2) is 27.7 Å². The second kappa shape index (κ2) is 37.6. The molecule has 3 amide bonds. The summed E-state index contributed by atoms with van der Waals surface area (Å²) in [6.45, 7) is 26.5. The highest BCUT2D eigenvalue weighted by atomic mass is 32.1. The standard InChI is InChI=1S/C7H10N2OS.C7H11NS.C6H8N2OS.C6H10N2S.C4H9NO.C4H9NS.C4H8O2.CO2/c1-5-3-11-7(9-5)6(2)8-4-10;1-5(2)7-8-6(3)4-9-7;1-5(8-4-9)6-7-2-3-10-6;1-4-3-9-6(8-4)5(2)7;3*1-3(2)4(5)6;2-1-3/h3-4,6H,1-2H3,(H,8,10);4-5H,1-3H3;2-5H,1H3,(H,8,9);3,5H,7H2,1-2H3;2*3H,1-2H3,(H2,5,6);3H,1-2H3,(H,5,6);/i4D;;4D;;;;;. The topological polar surface area (TPSA) is 276 Å². The molecule has 0 saturated carbocycles. The summed E-state index contributed by atoms with van der Waals surface area (Å²) in [4.78, 5) is 73.8. The molecule has 0 aliphatic carbocycles. The smallest absolute Gasteiger partial charge is 0.373 e. The van der Waals surface area contributed by atoms with Crippen LogP contribution in [0.2, 0.25) is 0 Å². The Balaban J connectivity index is -0.000000318. The first-order valence-electron chi connectivity index (χ1n) is 19.3. The first-order valence-corrected chi connectivity index (χ1v) is 22.2. The molecule has 21 heteroatoms. The van der Waals surface area contributed by atoms with E-state index in [2.05, 4.69) is 62.0 Å². The maximum Gasteiger partial charge on any atom is 0.373 e. The van der Waals surface area contributed by atoms with E-state index in [9.17, 15) is 19.2 Å². The highest BCUT2D eigenvalue weighted by Gasteiger charge is 2.07. The van der Waals surface area contributed by atoms with E-state index in [0.717, 1.165) is 32.1 Å². The number of thiazole rings is 4. The summed E-state index contributed by atoms with van der Waals surface area (Å²) in [6, 6.07) is -0.225. The van der Waals surface area contributed by atoms with Gasteiger partial charge in [-0.3, -0.25) is 19.2 Å². The molecule has 0 spiro atoms. The molecule has 3 atom stereocenters. The first kappa shape index (κ1) is 57.7. The summed E-state index contributed by atoms with van der Waals surface area (Å²) < 4.78 is 13.3. The van der Waals surface area contributed by atoms with Gasteiger partial charge in [0, 0.05) is 62.6 Å². The lowest BCUT2D eigenvalue weighted by Crippen LogP contribution is -2.17. The molecule has 16 nitrogen and oxygen atoms in total. The van der Waals surface area contributed by atoms with Crippen LogP contribution < -0.4 is 27.8 Å². The van der Waals surface area contributed by atoms with E-state index in [-0.39, 0.29) is 42.0 Å². The van der Waals surface area contributed by atoms with Crippen LogP contribution in [0.3, 0.4) is 0 Å². The third-order valence-corrected chi connectivity index (χ3v) is 11.2. The van der Waals surface area contributed by atoms with E-state index >= 15 is 0 Å². The van der Waals surface area contributed by atoms with Crippen molar-refractivity contribution in [2.45, 2.75) is 121 Å². The van der Waals surface area contributed by atoms with Crippen molar-refractivity contribution in [1.29, 1.82) is 0 Å². The summed E-state index contributed by atoms with van der Waals surface area (Å²) in [5, 5.41) is 24.6. The van der Waals surface area contributed by atoms with Crippen LogP contribution in [-0.4, -0.2) is 60.8 Å². The largest absolute Gasteiger partial charge is 0.481 e. The molecule has 0 fully saturated rings. The van der Waals surface area contributed by atoms with Crippen molar-refractivity contribution >= 4 is 93.4 Å². The summed E-state index contributed by atoms with van der Waals surface area (Å²) in [5.41, 5.74) is 18.7. The fourth-order valence-electron chi connectivity index (χ4n) is 2.54. The van der Waals surface area contributed by atoms with Gasteiger partial charge in [-0.25, -0.2) is 19.9 Å². The van der Waals surface area contributed by atoms with Gasteiger partial charge in [-0.1, -0.05) is 67.6 Å². The minimum atomic E-state index is -0.771. The minimum absolute atomic E-state index is 0.00926. The third-order valence-electron chi connectivity index (χ3n) is 6.17. The molecule has 60 heavy (non-hydrogen) atoms. The molecule has 4 rings (SSSR count). The van der Waals surface area contributed by atoms with Crippen molar-refractivity contribution in [2.24, 2.45) is 35.0 Å². The van der Waals surface area contributed by atoms with Gasteiger partial charge >= 0.3 is 12.1 Å². The number of aromatic nitrogens is 4. The van der Waals surface area contributed by atoms with Crippen molar-refractivity contribution in [1.82, 2.24) is 30.6 Å². The van der Waals surface area contributed by atoms with Gasteiger partial charge in [0.15, 0.2) is 0 Å². The SMILES string of the molecule is CC(C)C(=O)O.CC(C)C(N)=O.CC(C)C(N)=S.Cc1csc(C(C)C)n1.Cc1csc(C(C)N)n1.O=C=O.[2H]C(=O)NC(C)c1nc(C)cs1.[2H]C(=O)NC(C)c1nccs1. The van der Waals surface area contributed by atoms with Gasteiger partial charge in [0.1, 0.15) is 17.8 Å². The summed E-state index contributed by atoms with van der Waals surface area (Å²) >= 11 is 10.9. The predicted molar refractivity (Wildman–Crippen MR) is 248 cm³/mol. The van der Waals surface area contributed by atoms with Crippen LogP contribution in [0.4, 0.5) is 0 Å². The van der Waals surface area contributed by atoms with Crippen molar-refractivity contribution in [2.75, 3.05) is 0 Å². The number of hydrogen-bond donors (Lipinski definition) is 6. The van der Waals surface area contributed by atoms with E-state index in [1.165, 1.54) is 27.7 Å². The molecular weight excluding hydrogens is 867 g/mol. The molecule has 4 aromatic heterocycles. The number of carboxylic acids is 1. The summed E-state index contributed by atoms with van der Waals surface area (Å²) in [5.74, 6) is -0.274. The Bertz CT molecular complexity index is 1770. The molecule has 0 aliphatic heterocycles. The Kier molecular flexibility index (Phi) is 36.2. The number of primary amides is 1. The Morgan fingerprint density at radius 2 is 1.05 bits per heavy atom. The second-order valence-corrected chi connectivity index (χ2v) is 17.5.